The number of benzene rings is 4. The van der Waals surface area contributed by atoms with Crippen molar-refractivity contribution >= 4 is 34.9 Å². The number of aliphatic carboxylic acids is 1. The van der Waals surface area contributed by atoms with Crippen LogP contribution in [-0.2, 0) is 19.2 Å². The number of aromatic nitrogens is 4. The number of hydrogen-bond acceptors (Lipinski definition) is 9. The minimum absolute atomic E-state index is 0.0252. The van der Waals surface area contributed by atoms with E-state index in [1.54, 1.807) is 14.2 Å². The van der Waals surface area contributed by atoms with Crippen molar-refractivity contribution in [2.24, 2.45) is 35.5 Å². The Hall–Kier alpha value is -7.06. The number of ketones is 1. The molecule has 0 atom stereocenters. The molecule has 0 spiro atoms. The van der Waals surface area contributed by atoms with Crippen molar-refractivity contribution in [3.05, 3.63) is 132 Å². The summed E-state index contributed by atoms with van der Waals surface area (Å²) in [6, 6.07) is 31.0. The first-order valence-electron chi connectivity index (χ1n) is 32.9. The number of aryl methyl sites for hydroxylation is 2. The van der Waals surface area contributed by atoms with Gasteiger partial charge in [0.1, 0.15) is 17.3 Å². The molecule has 0 aliphatic heterocycles. The number of aliphatic hydroxyl groups excluding tert-OH is 1. The number of nitrogens with zero attached hydrogens (tertiary/aromatic N) is 6. The lowest BCUT2D eigenvalue weighted by atomic mass is 9.77. The summed E-state index contributed by atoms with van der Waals surface area (Å²) >= 11 is 0. The Morgan fingerprint density at radius 3 is 1.30 bits per heavy atom. The van der Waals surface area contributed by atoms with Crippen molar-refractivity contribution in [1.82, 2.24) is 19.6 Å². The summed E-state index contributed by atoms with van der Waals surface area (Å²) < 4.78 is 15.1. The van der Waals surface area contributed by atoms with E-state index in [9.17, 15) is 24.3 Å². The number of carbonyl (C=O) groups excluding carboxylic acids is 3. The molecule has 6 fully saturated rings. The number of anilines is 2. The Kier molecular flexibility index (Phi) is 20.1. The number of carbonyl (C=O) groups is 4. The normalized spacial score (nSPS) is 23.8. The van der Waals surface area contributed by atoms with Crippen molar-refractivity contribution in [2.75, 3.05) is 43.7 Å². The Bertz CT molecular complexity index is 3310. The fourth-order valence-electron chi connectivity index (χ4n) is 14.7. The number of Topliss-reactive ketones (excluding diaryl/α,β-unsaturated/α-hetero) is 1. The number of aliphatic hydroxyl groups is 1. The van der Waals surface area contributed by atoms with E-state index in [0.717, 1.165) is 129 Å². The van der Waals surface area contributed by atoms with Gasteiger partial charge in [0.2, 0.25) is 11.8 Å². The van der Waals surface area contributed by atoms with Crippen LogP contribution >= 0.6 is 0 Å². The highest BCUT2D eigenvalue weighted by Gasteiger charge is 2.37. The van der Waals surface area contributed by atoms with Crippen LogP contribution in [-0.4, -0.2) is 87.3 Å². The Morgan fingerprint density at radius 1 is 0.506 bits per heavy atom. The molecule has 14 heteroatoms. The summed E-state index contributed by atoms with van der Waals surface area (Å²) in [6.07, 6.45) is 28.2. The van der Waals surface area contributed by atoms with E-state index in [0.29, 0.717) is 80.8 Å². The van der Waals surface area contributed by atoms with Crippen LogP contribution in [0.4, 0.5) is 11.4 Å². The number of methoxy groups -OCH3 is 2. The second-order valence-corrected chi connectivity index (χ2v) is 26.5. The fraction of sp³-hybridized carbons (Fsp3) is 0.534. The molecule has 14 nitrogen and oxygen atoms in total. The van der Waals surface area contributed by atoms with E-state index < -0.39 is 5.97 Å². The predicted molar refractivity (Wildman–Crippen MR) is 341 cm³/mol. The van der Waals surface area contributed by atoms with E-state index in [4.69, 9.17) is 14.6 Å². The number of hydrogen-bond donors (Lipinski definition) is 2. The maximum absolute atomic E-state index is 14.3. The molecular weight excluding hydrogens is 1090 g/mol. The summed E-state index contributed by atoms with van der Waals surface area (Å²) in [5.41, 5.74) is 11.4. The zero-order chi connectivity index (χ0) is 60.6. The lowest BCUT2D eigenvalue weighted by Gasteiger charge is -2.36. The highest BCUT2D eigenvalue weighted by molar-refractivity contribution is 5.97. The van der Waals surface area contributed by atoms with E-state index in [1.165, 1.54) is 47.9 Å². The molecular formula is C73H92N6O8. The van der Waals surface area contributed by atoms with Gasteiger partial charge in [-0.25, -0.2) is 0 Å². The van der Waals surface area contributed by atoms with Crippen molar-refractivity contribution in [3.63, 3.8) is 0 Å². The molecule has 2 aromatic heterocycles. The average Bonchev–Trinajstić information content (AvgIpc) is 3.79. The van der Waals surface area contributed by atoms with Gasteiger partial charge < -0.3 is 29.5 Å². The maximum atomic E-state index is 14.3. The average molecular weight is 1180 g/mol. The van der Waals surface area contributed by atoms with E-state index >= 15 is 0 Å². The standard InChI is InChI=1S/C38H49N3O4.C35H43N3O4/c1-26-21-32(16-19-37(26)45-2)28-10-8-27(9-11-28)24-40(38(44)30-14-12-29(13-15-30)36(43)7-4-20-42)35-6-3-5-31(22-35)33-23-39-41(25-33)34-17-18-34;1-23-18-29(14-17-33(23)42-2)25-8-6-24(7-9-25)21-37(34(39)26-10-12-27(13-11-26)35(40)41)32-5-3-4-28(19-32)30-20-36-38(22-30)31-15-16-31/h3,5-6,16,19,21-23,25,27-30,34,42H,4,7-15,17-18,20,24H2,1-2H3;3-5,14,17-20,22,24-27,31H,6-13,15-16,21H2,1-2H3,(H,40,41). The molecule has 0 bridgehead atoms. The molecule has 2 heterocycles. The zero-order valence-corrected chi connectivity index (χ0v) is 51.9. The summed E-state index contributed by atoms with van der Waals surface area (Å²) in [6.45, 7) is 5.70. The molecule has 2 N–H and O–H groups in total. The van der Waals surface area contributed by atoms with E-state index in [1.807, 2.05) is 23.4 Å². The van der Waals surface area contributed by atoms with Crippen LogP contribution < -0.4 is 19.3 Å². The molecule has 0 saturated heterocycles. The van der Waals surface area contributed by atoms with Crippen molar-refractivity contribution in [1.29, 1.82) is 0 Å². The SMILES string of the molecule is COc1ccc(C2CCC(CN(C(=O)C3CCC(C(=O)CCCO)CC3)c3cccc(-c4cnn(C5CC5)c4)c3)CC2)cc1C.COc1ccc(C2CCC(CN(C(=O)C3CCC(C(=O)O)CC3)c3cccc(-c4cnn(C5CC5)c4)c3)CC2)cc1C. The molecule has 87 heavy (non-hydrogen) atoms. The number of rotatable bonds is 21. The molecule has 6 saturated carbocycles. The zero-order valence-electron chi connectivity index (χ0n) is 51.9. The van der Waals surface area contributed by atoms with Crippen molar-refractivity contribution < 1.29 is 38.9 Å². The maximum Gasteiger partial charge on any atom is 0.306 e. The second-order valence-electron chi connectivity index (χ2n) is 26.5. The molecule has 2 amide bonds. The first kappa shape index (κ1) is 61.6. The van der Waals surface area contributed by atoms with Gasteiger partial charge in [-0.3, -0.25) is 28.5 Å². The molecule has 0 radical (unpaired) electrons. The van der Waals surface area contributed by atoms with Gasteiger partial charge in [-0.1, -0.05) is 48.5 Å². The van der Waals surface area contributed by atoms with Gasteiger partial charge in [0.25, 0.3) is 0 Å². The fourth-order valence-corrected chi connectivity index (χ4v) is 14.7. The summed E-state index contributed by atoms with van der Waals surface area (Å²) in [5, 5.41) is 27.8. The highest BCUT2D eigenvalue weighted by atomic mass is 16.5. The topological polar surface area (TPSA) is 169 Å². The van der Waals surface area contributed by atoms with E-state index in [2.05, 4.69) is 130 Å². The summed E-state index contributed by atoms with van der Waals surface area (Å²) in [4.78, 5) is 56.7. The summed E-state index contributed by atoms with van der Waals surface area (Å²) in [5.74, 6) is 3.20. The lowest BCUT2D eigenvalue weighted by molar-refractivity contribution is -0.144. The molecule has 6 aliphatic rings. The first-order valence-corrected chi connectivity index (χ1v) is 32.9. The number of carboxylic acids is 1. The minimum atomic E-state index is -0.735. The van der Waals surface area contributed by atoms with Crippen LogP contribution in [0, 0.1) is 49.4 Å². The first-order chi connectivity index (χ1) is 42.3. The summed E-state index contributed by atoms with van der Waals surface area (Å²) in [7, 11) is 3.44. The molecule has 12 rings (SSSR count). The lowest BCUT2D eigenvalue weighted by Crippen LogP contribution is -2.41. The van der Waals surface area contributed by atoms with Crippen LogP contribution in [0.5, 0.6) is 11.5 Å². The monoisotopic (exact) mass is 1180 g/mol. The largest absolute Gasteiger partial charge is 0.496 e. The third kappa shape index (κ3) is 15.3. The highest BCUT2D eigenvalue weighted by Crippen LogP contribution is 2.43. The Labute approximate surface area is 515 Å². The second kappa shape index (κ2) is 28.4. The molecule has 4 aromatic carbocycles. The van der Waals surface area contributed by atoms with Gasteiger partial charge in [0, 0.05) is 78.8 Å². The van der Waals surface area contributed by atoms with E-state index in [-0.39, 0.29) is 47.9 Å². The third-order valence-electron chi connectivity index (χ3n) is 20.5. The Morgan fingerprint density at radius 2 is 0.920 bits per heavy atom. The molecule has 462 valence electrons. The molecule has 6 aromatic rings. The van der Waals surface area contributed by atoms with Gasteiger partial charge >= 0.3 is 5.97 Å². The van der Waals surface area contributed by atoms with Crippen LogP contribution in [0.25, 0.3) is 22.3 Å². The van der Waals surface area contributed by atoms with Crippen molar-refractivity contribution in [3.8, 4) is 33.8 Å². The number of ether oxygens (including phenoxy) is 2. The quantitative estimate of drug-likeness (QED) is 0.0707. The number of amides is 2. The van der Waals surface area contributed by atoms with Gasteiger partial charge in [-0.15, -0.1) is 0 Å². The molecule has 6 aliphatic carbocycles. The van der Waals surface area contributed by atoms with Crippen LogP contribution in [0.15, 0.2) is 110 Å². The smallest absolute Gasteiger partial charge is 0.306 e. The molecule has 0 unspecified atom stereocenters. The van der Waals surface area contributed by atoms with Gasteiger partial charge in [0.05, 0.1) is 44.6 Å². The van der Waals surface area contributed by atoms with Crippen molar-refractivity contribution in [2.45, 2.75) is 179 Å². The predicted octanol–water partition coefficient (Wildman–Crippen LogP) is 15.1. The van der Waals surface area contributed by atoms with Gasteiger partial charge in [-0.05, 0) is 242 Å². The van der Waals surface area contributed by atoms with Crippen LogP contribution in [0.3, 0.4) is 0 Å². The Balaban J connectivity index is 0.000000181. The van der Waals surface area contributed by atoms with Crippen LogP contribution in [0.1, 0.15) is 187 Å². The number of carboxylic acid groups (broad SMARTS) is 1. The van der Waals surface area contributed by atoms with Crippen LogP contribution in [0.2, 0.25) is 0 Å². The minimum Gasteiger partial charge on any atom is -0.496 e. The third-order valence-corrected chi connectivity index (χ3v) is 20.5. The van der Waals surface area contributed by atoms with Gasteiger partial charge in [-0.2, -0.15) is 10.2 Å². The van der Waals surface area contributed by atoms with Gasteiger partial charge in [0.15, 0.2) is 0 Å².